The van der Waals surface area contributed by atoms with Gasteiger partial charge >= 0.3 is 13.4 Å². The molecule has 0 aromatic heterocycles. The lowest BCUT2D eigenvalue weighted by Gasteiger charge is -2.20. The average molecular weight is 624 g/mol. The Balaban J connectivity index is 1.35. The number of carbonyl (C=O) groups excluding carboxylic acids is 1. The van der Waals surface area contributed by atoms with Crippen LogP contribution in [0.3, 0.4) is 0 Å². The van der Waals surface area contributed by atoms with Gasteiger partial charge in [0.15, 0.2) is 17.4 Å². The van der Waals surface area contributed by atoms with Crippen molar-refractivity contribution in [1.82, 2.24) is 14.2 Å². The molecule has 2 aliphatic rings. The highest BCUT2D eigenvalue weighted by Crippen LogP contribution is 2.61. The maximum Gasteiger partial charge on any atom is 0.346 e. The number of rotatable bonds is 12. The Morgan fingerprint density at radius 3 is 2.14 bits per heavy atom. The van der Waals surface area contributed by atoms with Gasteiger partial charge in [0, 0.05) is 51.9 Å². The van der Waals surface area contributed by atoms with Crippen LogP contribution in [0, 0.1) is 33.4 Å². The molecular formula is C27H25F4N4O7P. The van der Waals surface area contributed by atoms with E-state index in [1.54, 1.807) is 14.1 Å². The van der Waals surface area contributed by atoms with Crippen LogP contribution in [0.5, 0.6) is 17.2 Å². The van der Waals surface area contributed by atoms with E-state index in [0.29, 0.717) is 26.2 Å². The van der Waals surface area contributed by atoms with Crippen LogP contribution < -0.4 is 9.47 Å². The molecule has 5 rings (SSSR count). The number of benzene rings is 3. The first-order valence-electron chi connectivity index (χ1n) is 12.9. The normalized spacial score (nSPS) is 14.8. The minimum Gasteiger partial charge on any atom is -0.483 e. The molecule has 0 saturated carbocycles. The zero-order valence-corrected chi connectivity index (χ0v) is 23.8. The number of hydrogen-bond acceptors (Lipinski definition) is 7. The first-order chi connectivity index (χ1) is 20.4. The van der Waals surface area contributed by atoms with Crippen molar-refractivity contribution in [2.24, 2.45) is 0 Å². The molecule has 0 bridgehead atoms. The van der Waals surface area contributed by atoms with Gasteiger partial charge in [-0.1, -0.05) is 6.07 Å². The van der Waals surface area contributed by atoms with Crippen LogP contribution in [0.25, 0.3) is 0 Å². The molecule has 2 fully saturated rings. The molecular weight excluding hydrogens is 599 g/mol. The van der Waals surface area contributed by atoms with Crippen molar-refractivity contribution in [1.29, 1.82) is 0 Å². The van der Waals surface area contributed by atoms with E-state index in [1.807, 2.05) is 0 Å². The van der Waals surface area contributed by atoms with Crippen LogP contribution in [-0.2, 0) is 22.3 Å². The van der Waals surface area contributed by atoms with Gasteiger partial charge in [0.1, 0.15) is 12.4 Å². The third kappa shape index (κ3) is 6.34. The standard InChI is InChI=1S/C27H25F4N4O7P/c1-32(2)27(36)17-4-3-5-18(13-17)42-21-12-16(6-7-20(21)35(37)38)14-40-26-24(30)22(28)19(23(29)25(26)31)15-41-43(39,33-8-9-33)34-10-11-34/h3-7,12-13H,8-11,14-15H2,1-2H3. The second-order valence-corrected chi connectivity index (χ2v) is 12.3. The lowest BCUT2D eigenvalue weighted by Crippen LogP contribution is -2.21. The van der Waals surface area contributed by atoms with E-state index >= 15 is 0 Å². The molecule has 0 radical (unpaired) electrons. The smallest absolute Gasteiger partial charge is 0.346 e. The maximum atomic E-state index is 14.9. The first-order valence-corrected chi connectivity index (χ1v) is 14.4. The minimum absolute atomic E-state index is 0.0921. The van der Waals surface area contributed by atoms with E-state index in [2.05, 4.69) is 0 Å². The van der Waals surface area contributed by atoms with Crippen LogP contribution >= 0.6 is 7.67 Å². The van der Waals surface area contributed by atoms with Crippen LogP contribution in [0.15, 0.2) is 42.5 Å². The van der Waals surface area contributed by atoms with Gasteiger partial charge < -0.3 is 18.9 Å². The van der Waals surface area contributed by atoms with Crippen molar-refractivity contribution in [2.75, 3.05) is 40.3 Å². The number of amides is 1. The van der Waals surface area contributed by atoms with E-state index in [9.17, 15) is 37.0 Å². The summed E-state index contributed by atoms with van der Waals surface area (Å²) in [5.74, 6) is -9.07. The molecule has 2 aliphatic heterocycles. The zero-order valence-electron chi connectivity index (χ0n) is 22.9. The van der Waals surface area contributed by atoms with Gasteiger partial charge in [-0.05, 0) is 35.9 Å². The molecule has 0 atom stereocenters. The molecule has 2 heterocycles. The third-order valence-corrected chi connectivity index (χ3v) is 9.27. The summed E-state index contributed by atoms with van der Waals surface area (Å²) in [6, 6.07) is 9.30. The second kappa shape index (κ2) is 11.9. The number of ether oxygens (including phenoxy) is 2. The molecule has 2 saturated heterocycles. The van der Waals surface area contributed by atoms with Crippen LogP contribution in [-0.4, -0.2) is 65.3 Å². The Labute approximate surface area is 242 Å². The predicted octanol–water partition coefficient (Wildman–Crippen LogP) is 5.48. The molecule has 0 N–H and O–H groups in total. The molecule has 16 heteroatoms. The Morgan fingerprint density at radius 1 is 0.953 bits per heavy atom. The number of hydrogen-bond donors (Lipinski definition) is 0. The van der Waals surface area contributed by atoms with Crippen molar-refractivity contribution in [2.45, 2.75) is 13.2 Å². The van der Waals surface area contributed by atoms with E-state index in [0.717, 1.165) is 12.1 Å². The topological polar surface area (TPSA) is 114 Å². The van der Waals surface area contributed by atoms with Crippen LogP contribution in [0.1, 0.15) is 21.5 Å². The quantitative estimate of drug-likeness (QED) is 0.0646. The monoisotopic (exact) mass is 624 g/mol. The highest BCUT2D eigenvalue weighted by atomic mass is 31.2. The molecule has 11 nitrogen and oxygen atoms in total. The zero-order chi connectivity index (χ0) is 31.1. The molecule has 1 amide bonds. The Morgan fingerprint density at radius 2 is 1.58 bits per heavy atom. The summed E-state index contributed by atoms with van der Waals surface area (Å²) in [6.45, 7) is 0.228. The van der Waals surface area contributed by atoms with Crippen LogP contribution in [0.4, 0.5) is 23.2 Å². The molecule has 3 aromatic rings. The molecule has 0 aliphatic carbocycles. The van der Waals surface area contributed by atoms with Gasteiger partial charge in [0.05, 0.1) is 17.1 Å². The average Bonchev–Trinajstić information content (AvgIpc) is 3.88. The number of nitro benzene ring substituents is 1. The Hall–Kier alpha value is -4.04. The van der Waals surface area contributed by atoms with Gasteiger partial charge in [-0.3, -0.25) is 19.5 Å². The highest BCUT2D eigenvalue weighted by Gasteiger charge is 2.49. The fraction of sp³-hybridized carbons (Fsp3) is 0.296. The fourth-order valence-corrected chi connectivity index (χ4v) is 6.28. The van der Waals surface area contributed by atoms with E-state index in [4.69, 9.17) is 14.0 Å². The lowest BCUT2D eigenvalue weighted by atomic mass is 10.1. The van der Waals surface area contributed by atoms with Crippen molar-refractivity contribution < 1.29 is 45.8 Å². The summed E-state index contributed by atoms with van der Waals surface area (Å²) in [6.07, 6.45) is 0. The van der Waals surface area contributed by atoms with Crippen molar-refractivity contribution in [3.8, 4) is 17.2 Å². The van der Waals surface area contributed by atoms with E-state index in [-0.39, 0.29) is 28.5 Å². The first kappa shape index (κ1) is 30.4. The van der Waals surface area contributed by atoms with Crippen molar-refractivity contribution in [3.63, 3.8) is 0 Å². The summed E-state index contributed by atoms with van der Waals surface area (Å²) in [5, 5.41) is 11.6. The highest BCUT2D eigenvalue weighted by molar-refractivity contribution is 7.54. The van der Waals surface area contributed by atoms with Crippen LogP contribution in [0.2, 0.25) is 0 Å². The fourth-order valence-electron chi connectivity index (χ4n) is 4.11. The molecule has 43 heavy (non-hydrogen) atoms. The predicted molar refractivity (Wildman–Crippen MR) is 144 cm³/mol. The number of halogens is 4. The number of carbonyl (C=O) groups is 1. The molecule has 0 unspecified atom stereocenters. The van der Waals surface area contributed by atoms with Gasteiger partial charge in [0.25, 0.3) is 5.91 Å². The lowest BCUT2D eigenvalue weighted by molar-refractivity contribution is -0.385. The second-order valence-electron chi connectivity index (χ2n) is 9.91. The summed E-state index contributed by atoms with van der Waals surface area (Å²) < 4.78 is 91.4. The summed E-state index contributed by atoms with van der Waals surface area (Å²) >= 11 is 0. The van der Waals surface area contributed by atoms with Crippen molar-refractivity contribution >= 4 is 19.3 Å². The largest absolute Gasteiger partial charge is 0.483 e. The summed E-state index contributed by atoms with van der Waals surface area (Å²) in [4.78, 5) is 24.5. The van der Waals surface area contributed by atoms with E-state index < -0.39 is 66.1 Å². The molecule has 0 spiro atoms. The Bertz CT molecular complexity index is 1600. The Kier molecular flexibility index (Phi) is 8.43. The minimum atomic E-state index is -3.52. The summed E-state index contributed by atoms with van der Waals surface area (Å²) in [7, 11) is -0.417. The van der Waals surface area contributed by atoms with Gasteiger partial charge in [-0.25, -0.2) is 18.1 Å². The third-order valence-electron chi connectivity index (χ3n) is 6.57. The maximum absolute atomic E-state index is 14.9. The van der Waals surface area contributed by atoms with Crippen molar-refractivity contribution in [3.05, 3.63) is 92.5 Å². The molecule has 3 aromatic carbocycles. The number of nitro groups is 1. The van der Waals surface area contributed by atoms with Gasteiger partial charge in [0.2, 0.25) is 17.4 Å². The van der Waals surface area contributed by atoms with Gasteiger partial charge in [-0.15, -0.1) is 0 Å². The molecule has 228 valence electrons. The summed E-state index contributed by atoms with van der Waals surface area (Å²) in [5.41, 5.74) is -1.18. The van der Waals surface area contributed by atoms with Gasteiger partial charge in [-0.2, -0.15) is 8.78 Å². The van der Waals surface area contributed by atoms with E-state index in [1.165, 1.54) is 44.6 Å². The SMILES string of the molecule is CN(C)C(=O)c1cccc(Oc2cc(COc3c(F)c(F)c(COP(=O)(N4CC4)N4CC4)c(F)c3F)ccc2[N+](=O)[O-])c1. The number of nitrogens with zero attached hydrogens (tertiary/aromatic N) is 4.